The van der Waals surface area contributed by atoms with Gasteiger partial charge >= 0.3 is 0 Å². The van der Waals surface area contributed by atoms with Crippen molar-refractivity contribution < 1.29 is 0 Å². The maximum Gasteiger partial charge on any atom is 0.0639 e. The first-order valence-corrected chi connectivity index (χ1v) is 7.19. The van der Waals surface area contributed by atoms with Crippen LogP contribution in [0.3, 0.4) is 0 Å². The summed E-state index contributed by atoms with van der Waals surface area (Å²) in [6, 6.07) is 20.5. The minimum absolute atomic E-state index is 0.672. The predicted molar refractivity (Wildman–Crippen MR) is 88.5 cm³/mol. The van der Waals surface area contributed by atoms with Crippen LogP contribution in [-0.2, 0) is 6.54 Å². The van der Waals surface area contributed by atoms with Gasteiger partial charge in [0.05, 0.1) is 5.02 Å². The molecule has 0 aliphatic heterocycles. The van der Waals surface area contributed by atoms with E-state index < -0.39 is 0 Å². The van der Waals surface area contributed by atoms with Crippen molar-refractivity contribution in [3.05, 3.63) is 83.6 Å². The van der Waals surface area contributed by atoms with Crippen molar-refractivity contribution in [1.29, 1.82) is 0 Å². The monoisotopic (exact) mass is 294 g/mol. The largest absolute Gasteiger partial charge is 0.380 e. The molecule has 0 aliphatic rings. The highest BCUT2D eigenvalue weighted by Gasteiger charge is 2.05. The van der Waals surface area contributed by atoms with E-state index in [0.29, 0.717) is 11.6 Å². The Morgan fingerprint density at radius 3 is 2.48 bits per heavy atom. The van der Waals surface area contributed by atoms with Gasteiger partial charge in [0, 0.05) is 30.2 Å². The SMILES string of the molecule is Clc1cnccc1CNc1ccccc1-c1ccccc1. The lowest BCUT2D eigenvalue weighted by Gasteiger charge is -2.13. The lowest BCUT2D eigenvalue weighted by molar-refractivity contribution is 1.13. The van der Waals surface area contributed by atoms with Crippen molar-refractivity contribution in [3.8, 4) is 11.1 Å². The van der Waals surface area contributed by atoms with Crippen LogP contribution in [0.25, 0.3) is 11.1 Å². The molecule has 1 aromatic heterocycles. The standard InChI is InChI=1S/C18H15ClN2/c19-17-13-20-11-10-15(17)12-21-18-9-5-4-8-16(18)14-6-2-1-3-7-14/h1-11,13,21H,12H2. The van der Waals surface area contributed by atoms with E-state index >= 15 is 0 Å². The van der Waals surface area contributed by atoms with Crippen molar-refractivity contribution in [2.24, 2.45) is 0 Å². The Morgan fingerprint density at radius 1 is 0.905 bits per heavy atom. The smallest absolute Gasteiger partial charge is 0.0639 e. The highest BCUT2D eigenvalue weighted by molar-refractivity contribution is 6.31. The van der Waals surface area contributed by atoms with Gasteiger partial charge in [-0.25, -0.2) is 0 Å². The van der Waals surface area contributed by atoms with Gasteiger partial charge in [0.1, 0.15) is 0 Å². The van der Waals surface area contributed by atoms with Gasteiger partial charge in [-0.2, -0.15) is 0 Å². The van der Waals surface area contributed by atoms with Crippen molar-refractivity contribution in [3.63, 3.8) is 0 Å². The quantitative estimate of drug-likeness (QED) is 0.731. The molecule has 21 heavy (non-hydrogen) atoms. The summed E-state index contributed by atoms with van der Waals surface area (Å²) in [4.78, 5) is 4.01. The van der Waals surface area contributed by atoms with Crippen LogP contribution in [0.4, 0.5) is 5.69 Å². The molecule has 0 unspecified atom stereocenters. The summed E-state index contributed by atoms with van der Waals surface area (Å²) < 4.78 is 0. The molecule has 0 amide bonds. The molecule has 0 spiro atoms. The van der Waals surface area contributed by atoms with Crippen LogP contribution in [0, 0.1) is 0 Å². The maximum absolute atomic E-state index is 6.14. The van der Waals surface area contributed by atoms with Gasteiger partial charge in [0.2, 0.25) is 0 Å². The number of hydrogen-bond donors (Lipinski definition) is 1. The van der Waals surface area contributed by atoms with Gasteiger partial charge in [-0.05, 0) is 23.3 Å². The second-order valence-corrected chi connectivity index (χ2v) is 5.14. The fourth-order valence-corrected chi connectivity index (χ4v) is 2.43. The third kappa shape index (κ3) is 3.23. The van der Waals surface area contributed by atoms with Gasteiger partial charge in [0.15, 0.2) is 0 Å². The number of nitrogens with one attached hydrogen (secondary N) is 1. The Labute approximate surface area is 129 Å². The summed E-state index contributed by atoms with van der Waals surface area (Å²) in [5.74, 6) is 0. The molecule has 3 aromatic rings. The lowest BCUT2D eigenvalue weighted by atomic mass is 10.0. The molecule has 0 fully saturated rings. The molecule has 0 aliphatic carbocycles. The first-order chi connectivity index (χ1) is 10.3. The van der Waals surface area contributed by atoms with Crippen LogP contribution < -0.4 is 5.32 Å². The van der Waals surface area contributed by atoms with E-state index in [4.69, 9.17) is 11.6 Å². The van der Waals surface area contributed by atoms with Crippen molar-refractivity contribution in [2.45, 2.75) is 6.54 Å². The third-order valence-corrected chi connectivity index (χ3v) is 3.68. The number of anilines is 1. The van der Waals surface area contributed by atoms with Gasteiger partial charge in [-0.3, -0.25) is 4.98 Å². The van der Waals surface area contributed by atoms with E-state index in [9.17, 15) is 0 Å². The molecule has 1 heterocycles. The van der Waals surface area contributed by atoms with Gasteiger partial charge < -0.3 is 5.32 Å². The van der Waals surface area contributed by atoms with Crippen molar-refractivity contribution >= 4 is 17.3 Å². The van der Waals surface area contributed by atoms with E-state index in [1.807, 2.05) is 36.4 Å². The summed E-state index contributed by atoms with van der Waals surface area (Å²) in [5.41, 5.74) is 4.51. The maximum atomic E-state index is 6.14. The Balaban J connectivity index is 1.85. The molecule has 0 bridgehead atoms. The molecule has 0 atom stereocenters. The summed E-state index contributed by atoms with van der Waals surface area (Å²) in [6.07, 6.45) is 3.42. The zero-order valence-corrected chi connectivity index (χ0v) is 12.2. The van der Waals surface area contributed by atoms with Crippen molar-refractivity contribution in [1.82, 2.24) is 4.98 Å². The van der Waals surface area contributed by atoms with Crippen LogP contribution in [0.15, 0.2) is 73.1 Å². The molecular weight excluding hydrogens is 280 g/mol. The minimum atomic E-state index is 0.672. The highest BCUT2D eigenvalue weighted by atomic mass is 35.5. The number of para-hydroxylation sites is 1. The molecule has 2 aromatic carbocycles. The molecule has 104 valence electrons. The van der Waals surface area contributed by atoms with Crippen LogP contribution in [0.2, 0.25) is 5.02 Å². The van der Waals surface area contributed by atoms with Gasteiger partial charge in [0.25, 0.3) is 0 Å². The first-order valence-electron chi connectivity index (χ1n) is 6.81. The molecule has 3 rings (SSSR count). The number of pyridine rings is 1. The normalized spacial score (nSPS) is 10.3. The number of halogens is 1. The Morgan fingerprint density at radius 2 is 1.67 bits per heavy atom. The van der Waals surface area contributed by atoms with Crippen LogP contribution in [0.5, 0.6) is 0 Å². The van der Waals surface area contributed by atoms with E-state index in [-0.39, 0.29) is 0 Å². The van der Waals surface area contributed by atoms with E-state index in [1.165, 1.54) is 11.1 Å². The fraction of sp³-hybridized carbons (Fsp3) is 0.0556. The van der Waals surface area contributed by atoms with E-state index in [1.54, 1.807) is 12.4 Å². The molecule has 0 saturated carbocycles. The minimum Gasteiger partial charge on any atom is -0.380 e. The average Bonchev–Trinajstić information content (AvgIpc) is 2.55. The Kier molecular flexibility index (Phi) is 4.17. The number of hydrogen-bond acceptors (Lipinski definition) is 2. The zero-order chi connectivity index (χ0) is 14.5. The summed E-state index contributed by atoms with van der Waals surface area (Å²) >= 11 is 6.14. The average molecular weight is 295 g/mol. The highest BCUT2D eigenvalue weighted by Crippen LogP contribution is 2.28. The summed E-state index contributed by atoms with van der Waals surface area (Å²) in [5, 5.41) is 4.14. The topological polar surface area (TPSA) is 24.9 Å². The van der Waals surface area contributed by atoms with Crippen LogP contribution >= 0.6 is 11.6 Å². The number of benzene rings is 2. The Bertz CT molecular complexity index is 726. The second kappa shape index (κ2) is 6.42. The number of aromatic nitrogens is 1. The van der Waals surface area contributed by atoms with E-state index in [0.717, 1.165) is 11.3 Å². The lowest BCUT2D eigenvalue weighted by Crippen LogP contribution is -2.01. The summed E-state index contributed by atoms with van der Waals surface area (Å²) in [7, 11) is 0. The molecule has 2 nitrogen and oxygen atoms in total. The number of rotatable bonds is 4. The van der Waals surface area contributed by atoms with Crippen molar-refractivity contribution in [2.75, 3.05) is 5.32 Å². The third-order valence-electron chi connectivity index (χ3n) is 3.34. The fourth-order valence-electron chi connectivity index (χ4n) is 2.24. The molecule has 0 saturated heterocycles. The first kappa shape index (κ1) is 13.7. The Hall–Kier alpha value is -2.32. The molecular formula is C18H15ClN2. The van der Waals surface area contributed by atoms with Gasteiger partial charge in [-0.1, -0.05) is 60.1 Å². The van der Waals surface area contributed by atoms with Crippen LogP contribution in [-0.4, -0.2) is 4.98 Å². The van der Waals surface area contributed by atoms with Crippen LogP contribution in [0.1, 0.15) is 5.56 Å². The zero-order valence-electron chi connectivity index (χ0n) is 11.5. The number of nitrogens with zero attached hydrogens (tertiary/aromatic N) is 1. The van der Waals surface area contributed by atoms with Gasteiger partial charge in [-0.15, -0.1) is 0 Å². The summed E-state index contributed by atoms with van der Waals surface area (Å²) in [6.45, 7) is 0.672. The molecule has 3 heteroatoms. The predicted octanol–water partition coefficient (Wildman–Crippen LogP) is 5.01. The molecule has 1 N–H and O–H groups in total. The van der Waals surface area contributed by atoms with E-state index in [2.05, 4.69) is 34.6 Å². The molecule has 0 radical (unpaired) electrons. The second-order valence-electron chi connectivity index (χ2n) is 4.73.